The van der Waals surface area contributed by atoms with Gasteiger partial charge in [-0.05, 0) is 31.9 Å². The number of nitrogens with one attached hydrogen (secondary N) is 1. The number of aliphatic hydroxyl groups is 1. The van der Waals surface area contributed by atoms with Crippen LogP contribution in [0, 0.1) is 18.3 Å². The molecular weight excluding hydrogens is 242 g/mol. The Balaban J connectivity index is 2.38. The molecule has 0 spiro atoms. The predicted octanol–water partition coefficient (Wildman–Crippen LogP) is 1.54. The van der Waals surface area contributed by atoms with E-state index in [1.807, 2.05) is 6.07 Å². The van der Waals surface area contributed by atoms with Crippen molar-refractivity contribution in [2.45, 2.75) is 32.6 Å². The molecule has 0 aliphatic carbocycles. The number of carbonyl (C=O) groups is 1. The van der Waals surface area contributed by atoms with Crippen LogP contribution in [0.5, 0.6) is 0 Å². The Morgan fingerprint density at radius 3 is 2.74 bits per heavy atom. The van der Waals surface area contributed by atoms with Crippen LogP contribution in [0.3, 0.4) is 0 Å². The van der Waals surface area contributed by atoms with E-state index in [4.69, 9.17) is 10.4 Å². The maximum atomic E-state index is 11.8. The number of unbranched alkanes of at least 4 members (excludes halogenated alkanes) is 3. The van der Waals surface area contributed by atoms with Crippen molar-refractivity contribution in [1.82, 2.24) is 10.3 Å². The Kier molecular flexibility index (Phi) is 6.55. The molecule has 5 nitrogen and oxygen atoms in total. The van der Waals surface area contributed by atoms with Gasteiger partial charge in [-0.3, -0.25) is 4.79 Å². The average Bonchev–Trinajstić information content (AvgIpc) is 2.42. The van der Waals surface area contributed by atoms with Gasteiger partial charge in [0.25, 0.3) is 5.91 Å². The predicted molar refractivity (Wildman–Crippen MR) is 71.6 cm³/mol. The molecule has 19 heavy (non-hydrogen) atoms. The summed E-state index contributed by atoms with van der Waals surface area (Å²) in [6.45, 7) is 2.54. The van der Waals surface area contributed by atoms with Crippen LogP contribution in [0.4, 0.5) is 0 Å². The van der Waals surface area contributed by atoms with E-state index in [2.05, 4.69) is 10.3 Å². The molecule has 0 radical (unpaired) electrons. The third-order valence-electron chi connectivity index (χ3n) is 2.81. The quantitative estimate of drug-likeness (QED) is 0.729. The third-order valence-corrected chi connectivity index (χ3v) is 2.81. The first-order valence-electron chi connectivity index (χ1n) is 6.46. The molecule has 0 aliphatic rings. The van der Waals surface area contributed by atoms with Crippen molar-refractivity contribution in [3.63, 3.8) is 0 Å². The number of nitrogens with zero attached hydrogens (tertiary/aromatic N) is 2. The van der Waals surface area contributed by atoms with Crippen LogP contribution in [-0.4, -0.2) is 29.1 Å². The second kappa shape index (κ2) is 8.22. The molecule has 1 aromatic heterocycles. The van der Waals surface area contributed by atoms with E-state index < -0.39 is 0 Å². The number of hydrogen-bond donors (Lipinski definition) is 2. The molecule has 2 N–H and O–H groups in total. The van der Waals surface area contributed by atoms with Gasteiger partial charge in [0.15, 0.2) is 0 Å². The molecule has 1 heterocycles. The van der Waals surface area contributed by atoms with Crippen molar-refractivity contribution in [3.8, 4) is 6.07 Å². The summed E-state index contributed by atoms with van der Waals surface area (Å²) in [5.41, 5.74) is 1.39. The molecule has 0 aromatic carbocycles. The molecule has 0 saturated heterocycles. The van der Waals surface area contributed by atoms with Gasteiger partial charge in [0.2, 0.25) is 0 Å². The molecule has 0 bridgehead atoms. The summed E-state index contributed by atoms with van der Waals surface area (Å²) in [5.74, 6) is -0.213. The fraction of sp³-hybridized carbons (Fsp3) is 0.500. The third kappa shape index (κ3) is 5.06. The summed E-state index contributed by atoms with van der Waals surface area (Å²) in [7, 11) is 0. The SMILES string of the molecule is Cc1nc(C(=O)NCCCCCCO)ccc1C#N. The minimum absolute atomic E-state index is 0.213. The maximum Gasteiger partial charge on any atom is 0.269 e. The summed E-state index contributed by atoms with van der Waals surface area (Å²) in [6, 6.07) is 5.19. The van der Waals surface area contributed by atoms with Gasteiger partial charge in [0, 0.05) is 13.2 Å². The zero-order valence-corrected chi connectivity index (χ0v) is 11.1. The summed E-state index contributed by atoms with van der Waals surface area (Å²) in [6.07, 6.45) is 3.66. The van der Waals surface area contributed by atoms with Crippen LogP contribution >= 0.6 is 0 Å². The molecular formula is C14H19N3O2. The lowest BCUT2D eigenvalue weighted by Crippen LogP contribution is -2.25. The number of amides is 1. The fourth-order valence-corrected chi connectivity index (χ4v) is 1.69. The molecule has 1 aromatic rings. The van der Waals surface area contributed by atoms with Gasteiger partial charge in [-0.25, -0.2) is 4.98 Å². The van der Waals surface area contributed by atoms with E-state index in [-0.39, 0.29) is 12.5 Å². The van der Waals surface area contributed by atoms with Gasteiger partial charge in [-0.1, -0.05) is 12.8 Å². The molecule has 1 amide bonds. The van der Waals surface area contributed by atoms with Crippen LogP contribution in [0.1, 0.15) is 47.4 Å². The smallest absolute Gasteiger partial charge is 0.269 e. The minimum atomic E-state index is -0.213. The van der Waals surface area contributed by atoms with Crippen LogP contribution in [0.2, 0.25) is 0 Å². The lowest BCUT2D eigenvalue weighted by molar-refractivity contribution is 0.0947. The van der Waals surface area contributed by atoms with Gasteiger partial charge in [-0.2, -0.15) is 5.26 Å². The normalized spacial score (nSPS) is 9.95. The zero-order valence-electron chi connectivity index (χ0n) is 11.1. The molecule has 102 valence electrons. The van der Waals surface area contributed by atoms with Crippen molar-refractivity contribution >= 4 is 5.91 Å². The van der Waals surface area contributed by atoms with Gasteiger partial charge < -0.3 is 10.4 Å². The fourth-order valence-electron chi connectivity index (χ4n) is 1.69. The van der Waals surface area contributed by atoms with E-state index in [0.29, 0.717) is 23.5 Å². The van der Waals surface area contributed by atoms with Crippen LogP contribution in [0.15, 0.2) is 12.1 Å². The van der Waals surface area contributed by atoms with Gasteiger partial charge in [-0.15, -0.1) is 0 Å². The van der Waals surface area contributed by atoms with Crippen LogP contribution in [0.25, 0.3) is 0 Å². The van der Waals surface area contributed by atoms with Crippen molar-refractivity contribution in [2.75, 3.05) is 13.2 Å². The van der Waals surface area contributed by atoms with E-state index in [1.165, 1.54) is 0 Å². The first kappa shape index (κ1) is 15.1. The summed E-state index contributed by atoms with van der Waals surface area (Å²) in [4.78, 5) is 15.9. The molecule has 5 heteroatoms. The standard InChI is InChI=1S/C14H19N3O2/c1-11-12(10-15)6-7-13(17-11)14(19)16-8-4-2-3-5-9-18/h6-7,18H,2-5,8-9H2,1H3,(H,16,19). The number of aryl methyl sites for hydroxylation is 1. The maximum absolute atomic E-state index is 11.8. The monoisotopic (exact) mass is 261 g/mol. The molecule has 0 fully saturated rings. The highest BCUT2D eigenvalue weighted by molar-refractivity contribution is 5.92. The molecule has 0 aliphatic heterocycles. The highest BCUT2D eigenvalue weighted by Crippen LogP contribution is 2.05. The highest BCUT2D eigenvalue weighted by Gasteiger charge is 2.08. The highest BCUT2D eigenvalue weighted by atomic mass is 16.2. The number of carbonyl (C=O) groups excluding carboxylic acids is 1. The van der Waals surface area contributed by atoms with Crippen molar-refractivity contribution in [1.29, 1.82) is 5.26 Å². The summed E-state index contributed by atoms with van der Waals surface area (Å²) in [5, 5.41) is 20.2. The average molecular weight is 261 g/mol. The van der Waals surface area contributed by atoms with Gasteiger partial charge >= 0.3 is 0 Å². The van der Waals surface area contributed by atoms with E-state index in [1.54, 1.807) is 19.1 Å². The molecule has 0 unspecified atom stereocenters. The number of pyridine rings is 1. The Labute approximate surface area is 113 Å². The van der Waals surface area contributed by atoms with Crippen molar-refractivity contribution < 1.29 is 9.90 Å². The number of aromatic nitrogens is 1. The zero-order chi connectivity index (χ0) is 14.1. The Morgan fingerprint density at radius 1 is 1.37 bits per heavy atom. The molecule has 0 atom stereocenters. The van der Waals surface area contributed by atoms with Gasteiger partial charge in [0.1, 0.15) is 11.8 Å². The number of nitriles is 1. The Bertz CT molecular complexity index is 466. The second-order valence-electron chi connectivity index (χ2n) is 4.33. The number of hydrogen-bond acceptors (Lipinski definition) is 4. The molecule has 1 rings (SSSR count). The van der Waals surface area contributed by atoms with E-state index in [0.717, 1.165) is 25.7 Å². The van der Waals surface area contributed by atoms with Crippen LogP contribution < -0.4 is 5.32 Å². The Hall–Kier alpha value is -1.93. The van der Waals surface area contributed by atoms with Gasteiger partial charge in [0.05, 0.1) is 11.3 Å². The summed E-state index contributed by atoms with van der Waals surface area (Å²) < 4.78 is 0. The van der Waals surface area contributed by atoms with Crippen molar-refractivity contribution in [2.24, 2.45) is 0 Å². The molecule has 0 saturated carbocycles. The number of rotatable bonds is 7. The summed E-state index contributed by atoms with van der Waals surface area (Å²) >= 11 is 0. The first-order valence-corrected chi connectivity index (χ1v) is 6.46. The van der Waals surface area contributed by atoms with E-state index in [9.17, 15) is 4.79 Å². The minimum Gasteiger partial charge on any atom is -0.396 e. The van der Waals surface area contributed by atoms with Crippen molar-refractivity contribution in [3.05, 3.63) is 29.1 Å². The van der Waals surface area contributed by atoms with E-state index >= 15 is 0 Å². The lowest BCUT2D eigenvalue weighted by atomic mass is 10.2. The largest absolute Gasteiger partial charge is 0.396 e. The first-order chi connectivity index (χ1) is 9.19. The number of aliphatic hydroxyl groups excluding tert-OH is 1. The second-order valence-corrected chi connectivity index (χ2v) is 4.33. The topological polar surface area (TPSA) is 86.0 Å². The van der Waals surface area contributed by atoms with Crippen LogP contribution in [-0.2, 0) is 0 Å². The lowest BCUT2D eigenvalue weighted by Gasteiger charge is -2.05. The Morgan fingerprint density at radius 2 is 2.11 bits per heavy atom.